The minimum absolute atomic E-state index is 0.254. The van der Waals surface area contributed by atoms with E-state index in [-0.39, 0.29) is 5.95 Å². The summed E-state index contributed by atoms with van der Waals surface area (Å²) in [4.78, 5) is 19.2. The predicted molar refractivity (Wildman–Crippen MR) is 106 cm³/mol. The molecule has 8 heteroatoms. The summed E-state index contributed by atoms with van der Waals surface area (Å²) in [5.74, 6) is 3.01. The monoisotopic (exact) mass is 372 g/mol. The van der Waals surface area contributed by atoms with Crippen LogP contribution < -0.4 is 10.6 Å². The van der Waals surface area contributed by atoms with Crippen LogP contribution in [0.5, 0.6) is 0 Å². The summed E-state index contributed by atoms with van der Waals surface area (Å²) in [5.41, 5.74) is 9.23. The zero-order valence-electron chi connectivity index (χ0n) is 14.4. The third-order valence-electron chi connectivity index (χ3n) is 3.42. The second-order valence-corrected chi connectivity index (χ2v) is 7.65. The van der Waals surface area contributed by atoms with E-state index in [0.717, 1.165) is 22.0 Å². The molecule has 2 heterocycles. The molecular formula is C17H20N6S2. The van der Waals surface area contributed by atoms with Crippen LogP contribution in [0.15, 0.2) is 29.6 Å². The van der Waals surface area contributed by atoms with Crippen LogP contribution in [0.4, 0.5) is 11.9 Å². The molecular weight excluding hydrogens is 352 g/mol. The van der Waals surface area contributed by atoms with Gasteiger partial charge in [-0.3, -0.25) is 0 Å². The fraction of sp³-hybridized carbons (Fsp3) is 0.294. The Balaban J connectivity index is 1.60. The number of rotatable bonds is 6. The fourth-order valence-electron chi connectivity index (χ4n) is 2.14. The van der Waals surface area contributed by atoms with Gasteiger partial charge in [0.25, 0.3) is 0 Å². The zero-order chi connectivity index (χ0) is 17.8. The van der Waals surface area contributed by atoms with Crippen LogP contribution in [-0.4, -0.2) is 34.0 Å². The van der Waals surface area contributed by atoms with Gasteiger partial charge in [0.1, 0.15) is 10.8 Å². The molecule has 0 unspecified atom stereocenters. The molecule has 1 aromatic carbocycles. The molecule has 0 bridgehead atoms. The van der Waals surface area contributed by atoms with Gasteiger partial charge in [0.05, 0.1) is 11.4 Å². The van der Waals surface area contributed by atoms with Gasteiger partial charge in [0.15, 0.2) is 0 Å². The SMILES string of the molecule is Cc1ccc(-c2nc(CSCc3nc(N)nc(N(C)C)n3)cs2)cc1. The smallest absolute Gasteiger partial charge is 0.229 e. The zero-order valence-corrected chi connectivity index (χ0v) is 16.1. The average molecular weight is 373 g/mol. The van der Waals surface area contributed by atoms with Crippen molar-refractivity contribution in [3.8, 4) is 10.6 Å². The van der Waals surface area contributed by atoms with Crippen molar-refractivity contribution in [2.45, 2.75) is 18.4 Å². The van der Waals surface area contributed by atoms with Gasteiger partial charge in [-0.05, 0) is 6.92 Å². The molecule has 6 nitrogen and oxygen atoms in total. The second kappa shape index (κ2) is 7.79. The molecule has 0 atom stereocenters. The Hall–Kier alpha value is -2.19. The third kappa shape index (κ3) is 4.67. The van der Waals surface area contributed by atoms with E-state index >= 15 is 0 Å². The number of aromatic nitrogens is 4. The van der Waals surface area contributed by atoms with E-state index < -0.39 is 0 Å². The van der Waals surface area contributed by atoms with Crippen molar-refractivity contribution in [2.75, 3.05) is 24.7 Å². The summed E-state index contributed by atoms with van der Waals surface area (Å²) in [6, 6.07) is 8.44. The molecule has 25 heavy (non-hydrogen) atoms. The molecule has 0 amide bonds. The summed E-state index contributed by atoms with van der Waals surface area (Å²) < 4.78 is 0. The molecule has 3 aromatic rings. The first-order valence-corrected chi connectivity index (χ1v) is 9.81. The Morgan fingerprint density at radius 3 is 2.52 bits per heavy atom. The highest BCUT2D eigenvalue weighted by atomic mass is 32.2. The van der Waals surface area contributed by atoms with E-state index in [4.69, 9.17) is 10.7 Å². The molecule has 0 aliphatic carbocycles. The molecule has 0 radical (unpaired) electrons. The first-order chi connectivity index (χ1) is 12.0. The molecule has 3 rings (SSSR count). The molecule has 0 aliphatic rings. The maximum Gasteiger partial charge on any atom is 0.229 e. The van der Waals surface area contributed by atoms with Crippen LogP contribution in [0.25, 0.3) is 10.6 Å². The van der Waals surface area contributed by atoms with Crippen LogP contribution in [0.1, 0.15) is 17.1 Å². The Morgan fingerprint density at radius 2 is 1.80 bits per heavy atom. The van der Waals surface area contributed by atoms with Crippen LogP contribution in [0.3, 0.4) is 0 Å². The molecule has 0 saturated carbocycles. The van der Waals surface area contributed by atoms with Gasteiger partial charge in [-0.1, -0.05) is 29.8 Å². The molecule has 0 saturated heterocycles. The molecule has 130 valence electrons. The molecule has 2 aromatic heterocycles. The number of nitrogen functional groups attached to an aromatic ring is 1. The highest BCUT2D eigenvalue weighted by Gasteiger charge is 2.08. The van der Waals surface area contributed by atoms with Crippen molar-refractivity contribution in [2.24, 2.45) is 0 Å². The van der Waals surface area contributed by atoms with Gasteiger partial charge in [0, 0.05) is 30.8 Å². The largest absolute Gasteiger partial charge is 0.368 e. The Labute approximate surface area is 155 Å². The number of aryl methyl sites for hydroxylation is 1. The van der Waals surface area contributed by atoms with Crippen LogP contribution >= 0.6 is 23.1 Å². The van der Waals surface area contributed by atoms with Gasteiger partial charge in [-0.2, -0.15) is 15.0 Å². The topological polar surface area (TPSA) is 80.8 Å². The summed E-state index contributed by atoms with van der Waals surface area (Å²) in [5, 5.41) is 3.16. The van der Waals surface area contributed by atoms with Crippen molar-refractivity contribution < 1.29 is 0 Å². The lowest BCUT2D eigenvalue weighted by Crippen LogP contribution is -2.15. The van der Waals surface area contributed by atoms with Gasteiger partial charge >= 0.3 is 0 Å². The quantitative estimate of drug-likeness (QED) is 0.710. The predicted octanol–water partition coefficient (Wildman–Crippen LogP) is 3.39. The maximum atomic E-state index is 5.75. The van der Waals surface area contributed by atoms with Gasteiger partial charge in [-0.15, -0.1) is 23.1 Å². The highest BCUT2D eigenvalue weighted by Crippen LogP contribution is 2.26. The van der Waals surface area contributed by atoms with Crippen molar-refractivity contribution in [3.63, 3.8) is 0 Å². The summed E-state index contributed by atoms with van der Waals surface area (Å²) in [6.07, 6.45) is 0. The lowest BCUT2D eigenvalue weighted by Gasteiger charge is -2.11. The van der Waals surface area contributed by atoms with Crippen molar-refractivity contribution >= 4 is 35.0 Å². The van der Waals surface area contributed by atoms with Crippen molar-refractivity contribution in [1.82, 2.24) is 19.9 Å². The Bertz CT molecular complexity index is 845. The second-order valence-electron chi connectivity index (χ2n) is 5.81. The first-order valence-electron chi connectivity index (χ1n) is 7.78. The number of anilines is 2. The van der Waals surface area contributed by atoms with E-state index in [1.54, 1.807) is 23.1 Å². The van der Waals surface area contributed by atoms with Crippen molar-refractivity contribution in [1.29, 1.82) is 0 Å². The van der Waals surface area contributed by atoms with Gasteiger partial charge in [0.2, 0.25) is 11.9 Å². The number of thioether (sulfide) groups is 1. The number of hydrogen-bond acceptors (Lipinski definition) is 8. The van der Waals surface area contributed by atoms with E-state index in [1.165, 1.54) is 5.56 Å². The number of nitrogens with zero attached hydrogens (tertiary/aromatic N) is 5. The molecule has 0 aliphatic heterocycles. The Kier molecular flexibility index (Phi) is 5.50. The number of thiazole rings is 1. The summed E-state index contributed by atoms with van der Waals surface area (Å²) >= 11 is 3.39. The molecule has 0 fully saturated rings. The third-order valence-corrected chi connectivity index (χ3v) is 5.32. The summed E-state index contributed by atoms with van der Waals surface area (Å²) in [7, 11) is 3.77. The fourth-order valence-corrected chi connectivity index (χ4v) is 3.84. The summed E-state index contributed by atoms with van der Waals surface area (Å²) in [6.45, 7) is 2.09. The van der Waals surface area contributed by atoms with Gasteiger partial charge in [-0.25, -0.2) is 4.98 Å². The highest BCUT2D eigenvalue weighted by molar-refractivity contribution is 7.97. The van der Waals surface area contributed by atoms with E-state index in [0.29, 0.717) is 17.5 Å². The van der Waals surface area contributed by atoms with Gasteiger partial charge < -0.3 is 10.6 Å². The maximum absolute atomic E-state index is 5.75. The number of hydrogen-bond donors (Lipinski definition) is 1. The Morgan fingerprint density at radius 1 is 1.04 bits per heavy atom. The lowest BCUT2D eigenvalue weighted by atomic mass is 10.2. The van der Waals surface area contributed by atoms with E-state index in [1.807, 2.05) is 19.0 Å². The average Bonchev–Trinajstić information content (AvgIpc) is 3.04. The number of benzene rings is 1. The first kappa shape index (κ1) is 17.6. The van der Waals surface area contributed by atoms with Crippen LogP contribution in [0.2, 0.25) is 0 Å². The minimum Gasteiger partial charge on any atom is -0.368 e. The number of nitrogens with two attached hydrogens (primary N) is 1. The van der Waals surface area contributed by atoms with E-state index in [2.05, 4.69) is 51.5 Å². The van der Waals surface area contributed by atoms with Crippen LogP contribution in [-0.2, 0) is 11.5 Å². The lowest BCUT2D eigenvalue weighted by molar-refractivity contribution is 0.919. The standard InChI is InChI=1S/C17H20N6S2/c1-11-4-6-12(7-5-11)15-19-13(9-25-15)8-24-10-14-20-16(18)22-17(21-14)23(2)3/h4-7,9H,8,10H2,1-3H3,(H2,18,20,21,22). The molecule has 0 spiro atoms. The van der Waals surface area contributed by atoms with Crippen LogP contribution in [0, 0.1) is 6.92 Å². The van der Waals surface area contributed by atoms with E-state index in [9.17, 15) is 0 Å². The van der Waals surface area contributed by atoms with Crippen molar-refractivity contribution in [3.05, 3.63) is 46.7 Å². The normalized spacial score (nSPS) is 10.8. The minimum atomic E-state index is 0.254. The molecule has 2 N–H and O–H groups in total.